The summed E-state index contributed by atoms with van der Waals surface area (Å²) < 4.78 is 13.6. The minimum absolute atomic E-state index is 0.0758. The second kappa shape index (κ2) is 8.34. The van der Waals surface area contributed by atoms with Gasteiger partial charge in [0.25, 0.3) is 0 Å². The Balaban J connectivity index is 1.92. The van der Waals surface area contributed by atoms with E-state index in [2.05, 4.69) is 6.92 Å². The van der Waals surface area contributed by atoms with Gasteiger partial charge in [0.1, 0.15) is 5.75 Å². The molecule has 1 unspecified atom stereocenters. The van der Waals surface area contributed by atoms with Crippen LogP contribution in [0.1, 0.15) is 57.4 Å². The number of rotatable bonds is 8. The number of aromatic nitrogens is 2. The van der Waals surface area contributed by atoms with Gasteiger partial charge in [0.2, 0.25) is 0 Å². The topological polar surface area (TPSA) is 73.6 Å². The fourth-order valence-electron chi connectivity index (χ4n) is 3.15. The van der Waals surface area contributed by atoms with Crippen molar-refractivity contribution in [2.75, 3.05) is 13.2 Å². The monoisotopic (exact) mass is 346 g/mol. The maximum Gasteiger partial charge on any atom is 0.303 e. The van der Waals surface area contributed by atoms with Crippen molar-refractivity contribution < 1.29 is 19.4 Å². The lowest BCUT2D eigenvalue weighted by atomic mass is 10.1. The van der Waals surface area contributed by atoms with Crippen LogP contribution in [0.3, 0.4) is 0 Å². The average Bonchev–Trinajstić information content (AvgIpc) is 2.99. The zero-order valence-corrected chi connectivity index (χ0v) is 14.7. The van der Waals surface area contributed by atoms with Crippen LogP contribution in [0.5, 0.6) is 5.75 Å². The molecule has 1 aromatic carbocycles. The van der Waals surface area contributed by atoms with Crippen molar-refractivity contribution in [1.29, 1.82) is 0 Å². The first-order valence-corrected chi connectivity index (χ1v) is 9.16. The van der Waals surface area contributed by atoms with Gasteiger partial charge in [0.05, 0.1) is 24.2 Å². The Kier molecular flexibility index (Phi) is 5.91. The van der Waals surface area contributed by atoms with Crippen LogP contribution in [0, 0.1) is 0 Å². The Morgan fingerprint density at radius 2 is 2.32 bits per heavy atom. The molecule has 2 heterocycles. The maximum absolute atomic E-state index is 10.9. The van der Waals surface area contributed by atoms with E-state index in [-0.39, 0.29) is 12.6 Å². The third-order valence-electron chi connectivity index (χ3n) is 4.53. The van der Waals surface area contributed by atoms with Crippen molar-refractivity contribution in [3.63, 3.8) is 0 Å². The highest BCUT2D eigenvalue weighted by molar-refractivity contribution is 5.84. The number of fused-ring (bicyclic) bond motifs is 1. The molecule has 136 valence electrons. The molecule has 1 saturated heterocycles. The smallest absolute Gasteiger partial charge is 0.303 e. The number of aryl methyl sites for hydroxylation is 1. The maximum atomic E-state index is 10.9. The Morgan fingerprint density at radius 3 is 3.04 bits per heavy atom. The molecular formula is C19H26N2O4. The van der Waals surface area contributed by atoms with Crippen LogP contribution in [0.25, 0.3) is 10.9 Å². The third kappa shape index (κ3) is 4.31. The zero-order chi connectivity index (χ0) is 17.6. The zero-order valence-electron chi connectivity index (χ0n) is 14.7. The summed E-state index contributed by atoms with van der Waals surface area (Å²) in [7, 11) is 0. The molecule has 0 bridgehead atoms. The van der Waals surface area contributed by atoms with E-state index in [1.54, 1.807) is 0 Å². The van der Waals surface area contributed by atoms with E-state index in [1.807, 2.05) is 22.9 Å². The first kappa shape index (κ1) is 17.7. The quantitative estimate of drug-likeness (QED) is 0.733. The van der Waals surface area contributed by atoms with Gasteiger partial charge >= 0.3 is 5.97 Å². The molecule has 6 heteroatoms. The predicted octanol–water partition coefficient (Wildman–Crippen LogP) is 3.93. The minimum atomic E-state index is -0.809. The van der Waals surface area contributed by atoms with E-state index < -0.39 is 5.97 Å². The van der Waals surface area contributed by atoms with Crippen LogP contribution in [0.4, 0.5) is 0 Å². The number of carboxylic acid groups (broad SMARTS) is 1. The highest BCUT2D eigenvalue weighted by Crippen LogP contribution is 2.31. The van der Waals surface area contributed by atoms with Crippen molar-refractivity contribution in [2.45, 2.75) is 58.1 Å². The van der Waals surface area contributed by atoms with Crippen LogP contribution in [-0.4, -0.2) is 34.1 Å². The molecule has 6 nitrogen and oxygen atoms in total. The third-order valence-corrected chi connectivity index (χ3v) is 4.53. The minimum Gasteiger partial charge on any atom is -0.494 e. The van der Waals surface area contributed by atoms with Gasteiger partial charge < -0.3 is 14.6 Å². The largest absolute Gasteiger partial charge is 0.494 e. The van der Waals surface area contributed by atoms with Crippen LogP contribution >= 0.6 is 0 Å². The molecule has 1 aliphatic rings. The highest BCUT2D eigenvalue weighted by Gasteiger charge is 2.21. The molecule has 2 aromatic rings. The van der Waals surface area contributed by atoms with Crippen molar-refractivity contribution in [1.82, 2.24) is 9.78 Å². The van der Waals surface area contributed by atoms with Gasteiger partial charge in [0, 0.05) is 24.5 Å². The average molecular weight is 346 g/mol. The van der Waals surface area contributed by atoms with Crippen LogP contribution < -0.4 is 4.74 Å². The molecule has 0 aliphatic carbocycles. The molecule has 3 rings (SSSR count). The highest BCUT2D eigenvalue weighted by atomic mass is 16.5. The summed E-state index contributed by atoms with van der Waals surface area (Å²) in [5.74, 6) is 0.0128. The fraction of sp³-hybridized carbons (Fsp3) is 0.579. The van der Waals surface area contributed by atoms with Gasteiger partial charge in [0.15, 0.2) is 6.23 Å². The molecule has 0 amide bonds. The van der Waals surface area contributed by atoms with Crippen molar-refractivity contribution >= 4 is 16.9 Å². The Bertz CT molecular complexity index is 720. The van der Waals surface area contributed by atoms with E-state index in [0.717, 1.165) is 61.1 Å². The fourth-order valence-corrected chi connectivity index (χ4v) is 3.15. The second-order valence-electron chi connectivity index (χ2n) is 6.49. The number of carboxylic acids is 1. The predicted molar refractivity (Wildman–Crippen MR) is 94.9 cm³/mol. The molecule has 1 fully saturated rings. The van der Waals surface area contributed by atoms with Crippen LogP contribution in [-0.2, 0) is 16.0 Å². The number of hydrogen-bond donors (Lipinski definition) is 1. The van der Waals surface area contributed by atoms with Gasteiger partial charge in [-0.15, -0.1) is 0 Å². The van der Waals surface area contributed by atoms with Crippen molar-refractivity contribution in [3.8, 4) is 5.75 Å². The Morgan fingerprint density at radius 1 is 1.44 bits per heavy atom. The van der Waals surface area contributed by atoms with E-state index >= 15 is 0 Å². The number of unbranched alkanes of at least 4 members (excludes halogenated alkanes) is 1. The van der Waals surface area contributed by atoms with Gasteiger partial charge in [-0.05, 0) is 37.8 Å². The van der Waals surface area contributed by atoms with E-state index in [0.29, 0.717) is 13.0 Å². The van der Waals surface area contributed by atoms with E-state index in [9.17, 15) is 4.79 Å². The summed E-state index contributed by atoms with van der Waals surface area (Å²) in [5.41, 5.74) is 1.77. The van der Waals surface area contributed by atoms with Gasteiger partial charge in [-0.25, -0.2) is 4.68 Å². The number of hydrogen-bond acceptors (Lipinski definition) is 4. The lowest BCUT2D eigenvalue weighted by Gasteiger charge is -2.23. The van der Waals surface area contributed by atoms with Crippen LogP contribution in [0.15, 0.2) is 18.2 Å². The molecule has 0 radical (unpaired) electrons. The molecule has 0 saturated carbocycles. The summed E-state index contributed by atoms with van der Waals surface area (Å²) in [5, 5.41) is 14.7. The normalized spacial score (nSPS) is 17.7. The SMILES string of the molecule is CCCCOc1ccc2c(CCC(=O)O)nn(C3CCCCO3)c2c1. The Labute approximate surface area is 147 Å². The second-order valence-corrected chi connectivity index (χ2v) is 6.49. The molecule has 1 atom stereocenters. The van der Waals surface area contributed by atoms with Gasteiger partial charge in [-0.1, -0.05) is 13.3 Å². The Hall–Kier alpha value is -2.08. The molecule has 1 N–H and O–H groups in total. The first-order valence-electron chi connectivity index (χ1n) is 9.16. The van der Waals surface area contributed by atoms with Gasteiger partial charge in [-0.2, -0.15) is 5.10 Å². The van der Waals surface area contributed by atoms with Crippen molar-refractivity contribution in [3.05, 3.63) is 23.9 Å². The number of ether oxygens (including phenoxy) is 2. The number of carbonyl (C=O) groups is 1. The number of aliphatic carboxylic acids is 1. The lowest BCUT2D eigenvalue weighted by molar-refractivity contribution is -0.136. The summed E-state index contributed by atoms with van der Waals surface area (Å²) in [6, 6.07) is 5.93. The summed E-state index contributed by atoms with van der Waals surface area (Å²) in [6.45, 7) is 3.57. The number of benzene rings is 1. The van der Waals surface area contributed by atoms with Crippen molar-refractivity contribution in [2.24, 2.45) is 0 Å². The van der Waals surface area contributed by atoms with E-state index in [1.165, 1.54) is 0 Å². The summed E-state index contributed by atoms with van der Waals surface area (Å²) in [4.78, 5) is 10.9. The standard InChI is InChI=1S/C19H26N2O4/c1-2-3-11-24-14-7-8-15-16(9-10-19(22)23)20-21(17(15)13-14)18-6-4-5-12-25-18/h7-8,13,18H,2-6,9-12H2,1H3,(H,22,23). The van der Waals surface area contributed by atoms with Gasteiger partial charge in [-0.3, -0.25) is 4.79 Å². The lowest BCUT2D eigenvalue weighted by Crippen LogP contribution is -2.19. The van der Waals surface area contributed by atoms with E-state index in [4.69, 9.17) is 19.7 Å². The molecule has 0 spiro atoms. The number of nitrogens with zero attached hydrogens (tertiary/aromatic N) is 2. The first-order chi connectivity index (χ1) is 12.2. The molecular weight excluding hydrogens is 320 g/mol. The summed E-state index contributed by atoms with van der Waals surface area (Å²) in [6.07, 6.45) is 5.64. The molecule has 1 aromatic heterocycles. The summed E-state index contributed by atoms with van der Waals surface area (Å²) >= 11 is 0. The molecule has 25 heavy (non-hydrogen) atoms. The van der Waals surface area contributed by atoms with Crippen LogP contribution in [0.2, 0.25) is 0 Å². The molecule has 1 aliphatic heterocycles.